The summed E-state index contributed by atoms with van der Waals surface area (Å²) >= 11 is 1.12. The van der Waals surface area contributed by atoms with Crippen molar-refractivity contribution in [1.82, 2.24) is 15.3 Å². The molecule has 116 valence electrons. The molecule has 0 atom stereocenters. The van der Waals surface area contributed by atoms with Crippen LogP contribution in [0, 0.1) is 12.8 Å². The average molecular weight is 319 g/mol. The van der Waals surface area contributed by atoms with Crippen molar-refractivity contribution in [2.45, 2.75) is 26.2 Å². The highest BCUT2D eigenvalue weighted by molar-refractivity contribution is 7.17. The third kappa shape index (κ3) is 3.04. The summed E-state index contributed by atoms with van der Waals surface area (Å²) in [5, 5.41) is 13.1. The Kier molecular flexibility index (Phi) is 3.98. The zero-order chi connectivity index (χ0) is 15.7. The van der Waals surface area contributed by atoms with E-state index in [9.17, 15) is 14.7 Å². The monoisotopic (exact) mass is 319 g/mol. The van der Waals surface area contributed by atoms with E-state index >= 15 is 0 Å². The number of aryl methyl sites for hydroxylation is 1. The first-order valence-electron chi connectivity index (χ1n) is 7.23. The first kappa shape index (κ1) is 14.8. The molecular weight excluding hydrogens is 302 g/mol. The van der Waals surface area contributed by atoms with E-state index in [0.29, 0.717) is 22.1 Å². The molecule has 6 nitrogen and oxygen atoms in total. The molecule has 0 unspecified atom stereocenters. The topological polar surface area (TPSA) is 95.1 Å². The molecule has 2 aromatic rings. The second-order valence-electron chi connectivity index (χ2n) is 5.49. The van der Waals surface area contributed by atoms with Crippen LogP contribution in [-0.2, 0) is 0 Å². The molecular formula is C15H17N3O3S. The van der Waals surface area contributed by atoms with Crippen LogP contribution in [-0.4, -0.2) is 27.5 Å². The maximum atomic E-state index is 12.2. The van der Waals surface area contributed by atoms with Crippen LogP contribution in [0.5, 0.6) is 5.75 Å². The number of aromatic nitrogens is 2. The van der Waals surface area contributed by atoms with E-state index in [1.54, 1.807) is 6.92 Å². The molecule has 1 saturated carbocycles. The minimum Gasteiger partial charge on any atom is -0.507 e. The van der Waals surface area contributed by atoms with Gasteiger partial charge in [0, 0.05) is 12.7 Å². The number of carbonyl (C=O) groups excluding carboxylic acids is 1. The lowest BCUT2D eigenvalue weighted by Crippen LogP contribution is -2.24. The number of pyridine rings is 1. The third-order valence-corrected chi connectivity index (χ3v) is 4.86. The Morgan fingerprint density at radius 2 is 2.32 bits per heavy atom. The Morgan fingerprint density at radius 1 is 1.55 bits per heavy atom. The fraction of sp³-hybridized carbons (Fsp3) is 0.400. The van der Waals surface area contributed by atoms with E-state index in [-0.39, 0.29) is 17.2 Å². The number of aromatic hydroxyl groups is 1. The van der Waals surface area contributed by atoms with E-state index in [4.69, 9.17) is 0 Å². The molecule has 0 aromatic carbocycles. The molecule has 0 saturated heterocycles. The molecule has 1 fully saturated rings. The van der Waals surface area contributed by atoms with Crippen LogP contribution >= 0.6 is 11.3 Å². The van der Waals surface area contributed by atoms with Crippen molar-refractivity contribution in [2.24, 2.45) is 5.92 Å². The Morgan fingerprint density at radius 3 is 3.00 bits per heavy atom. The third-order valence-electron chi connectivity index (χ3n) is 3.69. The minimum absolute atomic E-state index is 0.104. The Bertz CT molecular complexity index is 762. The molecule has 3 N–H and O–H groups in total. The van der Waals surface area contributed by atoms with Crippen molar-refractivity contribution in [3.8, 4) is 16.3 Å². The van der Waals surface area contributed by atoms with Crippen molar-refractivity contribution in [2.75, 3.05) is 6.54 Å². The van der Waals surface area contributed by atoms with Gasteiger partial charge >= 0.3 is 0 Å². The first-order valence-corrected chi connectivity index (χ1v) is 8.04. The molecule has 2 aromatic heterocycles. The molecule has 1 aliphatic rings. The van der Waals surface area contributed by atoms with Gasteiger partial charge in [-0.3, -0.25) is 9.59 Å². The Hall–Kier alpha value is -2.15. The van der Waals surface area contributed by atoms with Crippen LogP contribution in [0.15, 0.2) is 17.1 Å². The minimum atomic E-state index is -0.422. The van der Waals surface area contributed by atoms with Crippen molar-refractivity contribution in [3.05, 3.63) is 33.2 Å². The molecule has 7 heteroatoms. The van der Waals surface area contributed by atoms with Gasteiger partial charge in [0.2, 0.25) is 0 Å². The maximum Gasteiger partial charge on any atom is 0.263 e. The number of rotatable bonds is 5. The highest BCUT2D eigenvalue weighted by Crippen LogP contribution is 2.32. The summed E-state index contributed by atoms with van der Waals surface area (Å²) in [7, 11) is 0. The average Bonchev–Trinajstić information content (AvgIpc) is 3.20. The molecule has 1 amide bonds. The van der Waals surface area contributed by atoms with Gasteiger partial charge in [0.05, 0.1) is 5.69 Å². The van der Waals surface area contributed by atoms with Gasteiger partial charge < -0.3 is 15.4 Å². The van der Waals surface area contributed by atoms with E-state index < -0.39 is 5.56 Å². The van der Waals surface area contributed by atoms with Crippen molar-refractivity contribution in [3.63, 3.8) is 0 Å². The molecule has 22 heavy (non-hydrogen) atoms. The fourth-order valence-electron chi connectivity index (χ4n) is 2.27. The summed E-state index contributed by atoms with van der Waals surface area (Å²) in [6.45, 7) is 2.39. The Labute approximate surface area is 131 Å². The van der Waals surface area contributed by atoms with Gasteiger partial charge in [-0.15, -0.1) is 11.3 Å². The van der Waals surface area contributed by atoms with Crippen LogP contribution in [0.2, 0.25) is 0 Å². The maximum absolute atomic E-state index is 12.2. The van der Waals surface area contributed by atoms with Crippen LogP contribution in [0.4, 0.5) is 0 Å². The van der Waals surface area contributed by atoms with E-state index in [1.165, 1.54) is 25.1 Å². The highest BCUT2D eigenvalue weighted by atomic mass is 32.1. The number of aromatic amines is 1. The van der Waals surface area contributed by atoms with Gasteiger partial charge in [-0.2, -0.15) is 0 Å². The van der Waals surface area contributed by atoms with E-state index in [1.807, 2.05) is 0 Å². The van der Waals surface area contributed by atoms with Gasteiger partial charge in [-0.25, -0.2) is 4.98 Å². The second kappa shape index (κ2) is 5.92. The van der Waals surface area contributed by atoms with Crippen molar-refractivity contribution in [1.29, 1.82) is 0 Å². The molecule has 0 radical (unpaired) electrons. The summed E-state index contributed by atoms with van der Waals surface area (Å²) in [5.74, 6) is 0.449. The number of nitrogens with one attached hydrogen (secondary N) is 2. The van der Waals surface area contributed by atoms with Gasteiger partial charge in [-0.1, -0.05) is 12.8 Å². The van der Waals surface area contributed by atoms with Gasteiger partial charge in [0.15, 0.2) is 0 Å². The van der Waals surface area contributed by atoms with E-state index in [0.717, 1.165) is 23.7 Å². The largest absolute Gasteiger partial charge is 0.507 e. The summed E-state index contributed by atoms with van der Waals surface area (Å²) in [6.07, 6.45) is 4.90. The lowest BCUT2D eigenvalue weighted by molar-refractivity contribution is 0.0956. The molecule has 0 spiro atoms. The van der Waals surface area contributed by atoms with Crippen LogP contribution < -0.4 is 10.9 Å². The van der Waals surface area contributed by atoms with E-state index in [2.05, 4.69) is 15.3 Å². The quantitative estimate of drug-likeness (QED) is 0.786. The van der Waals surface area contributed by atoms with Crippen LogP contribution in [0.1, 0.15) is 34.6 Å². The van der Waals surface area contributed by atoms with Gasteiger partial charge in [0.25, 0.3) is 11.5 Å². The standard InChI is InChI=1S/C15H17N3O3S/c1-8-12(14(21)17-6-4-9-2-3-9)22-15(18-8)11-10(19)5-7-16-13(11)20/h5,7,9H,2-4,6H2,1H3,(H,17,21)(H2,16,19,20). The molecule has 1 aliphatic carbocycles. The summed E-state index contributed by atoms with van der Waals surface area (Å²) in [5.41, 5.74) is 0.244. The van der Waals surface area contributed by atoms with Crippen LogP contribution in [0.25, 0.3) is 10.6 Å². The predicted octanol–water partition coefficient (Wildman–Crippen LogP) is 2.04. The SMILES string of the molecule is Cc1nc(-c2c(O)cc[nH]c2=O)sc1C(=O)NCCC1CC1. The summed E-state index contributed by atoms with van der Waals surface area (Å²) in [6, 6.07) is 1.39. The number of thiazole rings is 1. The highest BCUT2D eigenvalue weighted by Gasteiger charge is 2.22. The number of carbonyl (C=O) groups is 1. The first-order chi connectivity index (χ1) is 10.6. The summed E-state index contributed by atoms with van der Waals surface area (Å²) in [4.78, 5) is 31.3. The summed E-state index contributed by atoms with van der Waals surface area (Å²) < 4.78 is 0. The van der Waals surface area contributed by atoms with Gasteiger partial charge in [0.1, 0.15) is 21.2 Å². The molecule has 0 bridgehead atoms. The number of nitrogens with zero attached hydrogens (tertiary/aromatic N) is 1. The smallest absolute Gasteiger partial charge is 0.263 e. The molecule has 2 heterocycles. The zero-order valence-electron chi connectivity index (χ0n) is 12.2. The number of hydrogen-bond acceptors (Lipinski definition) is 5. The van der Waals surface area contributed by atoms with Crippen LogP contribution in [0.3, 0.4) is 0 Å². The zero-order valence-corrected chi connectivity index (χ0v) is 13.0. The lowest BCUT2D eigenvalue weighted by atomic mass is 10.2. The van der Waals surface area contributed by atoms with Crippen molar-refractivity contribution >= 4 is 17.2 Å². The molecule has 0 aliphatic heterocycles. The second-order valence-corrected chi connectivity index (χ2v) is 6.49. The normalized spacial score (nSPS) is 14.0. The fourth-order valence-corrected chi connectivity index (χ4v) is 3.30. The predicted molar refractivity (Wildman–Crippen MR) is 84.2 cm³/mol. The molecule has 3 rings (SSSR count). The Balaban J connectivity index is 1.80. The van der Waals surface area contributed by atoms with Gasteiger partial charge in [-0.05, 0) is 25.3 Å². The number of amides is 1. The number of H-pyrrole nitrogens is 1. The lowest BCUT2D eigenvalue weighted by Gasteiger charge is -2.02. The van der Waals surface area contributed by atoms with Crippen molar-refractivity contribution < 1.29 is 9.90 Å². The number of hydrogen-bond donors (Lipinski definition) is 3.